The monoisotopic (exact) mass is 288 g/mol. The van der Waals surface area contributed by atoms with Crippen LogP contribution in [0.15, 0.2) is 12.4 Å². The summed E-state index contributed by atoms with van der Waals surface area (Å²) in [5, 5.41) is 3.37. The summed E-state index contributed by atoms with van der Waals surface area (Å²) in [6, 6.07) is 0. The maximum Gasteiger partial charge on any atom is 0.147 e. The van der Waals surface area contributed by atoms with Crippen LogP contribution in [0.4, 0.5) is 5.82 Å². The molecule has 4 nitrogen and oxygen atoms in total. The van der Waals surface area contributed by atoms with Crippen LogP contribution in [0.1, 0.15) is 51.1 Å². The van der Waals surface area contributed by atoms with E-state index in [1.165, 1.54) is 38.6 Å². The average molecular weight is 288 g/mol. The van der Waals surface area contributed by atoms with Crippen LogP contribution in [-0.4, -0.2) is 29.6 Å². The third kappa shape index (κ3) is 3.73. The van der Waals surface area contributed by atoms with Crippen LogP contribution < -0.4 is 10.2 Å². The van der Waals surface area contributed by atoms with Gasteiger partial charge in [0.05, 0.1) is 18.1 Å². The predicted molar refractivity (Wildman–Crippen MR) is 86.3 cm³/mol. The first-order valence-corrected chi connectivity index (χ1v) is 8.63. The second kappa shape index (κ2) is 7.21. The van der Waals surface area contributed by atoms with Crippen molar-refractivity contribution in [1.82, 2.24) is 15.3 Å². The zero-order valence-corrected chi connectivity index (χ0v) is 13.2. The van der Waals surface area contributed by atoms with Crippen LogP contribution in [0.2, 0.25) is 0 Å². The van der Waals surface area contributed by atoms with Crippen molar-refractivity contribution in [2.45, 2.75) is 52.0 Å². The van der Waals surface area contributed by atoms with Crippen LogP contribution in [-0.2, 0) is 6.54 Å². The van der Waals surface area contributed by atoms with E-state index < -0.39 is 0 Å². The molecule has 21 heavy (non-hydrogen) atoms. The fourth-order valence-electron chi connectivity index (χ4n) is 3.80. The van der Waals surface area contributed by atoms with Crippen molar-refractivity contribution in [3.8, 4) is 0 Å². The number of piperidine rings is 1. The molecule has 1 saturated heterocycles. The lowest BCUT2D eigenvalue weighted by molar-refractivity contribution is 0.202. The molecule has 1 aliphatic carbocycles. The van der Waals surface area contributed by atoms with Gasteiger partial charge in [-0.3, -0.25) is 4.98 Å². The van der Waals surface area contributed by atoms with Gasteiger partial charge in [-0.2, -0.15) is 0 Å². The Bertz CT molecular complexity index is 431. The van der Waals surface area contributed by atoms with Gasteiger partial charge in [0.2, 0.25) is 0 Å². The van der Waals surface area contributed by atoms with E-state index in [-0.39, 0.29) is 0 Å². The highest BCUT2D eigenvalue weighted by molar-refractivity contribution is 5.36. The molecule has 3 rings (SSSR count). The van der Waals surface area contributed by atoms with Crippen molar-refractivity contribution < 1.29 is 0 Å². The molecule has 1 aromatic heterocycles. The molecule has 1 aromatic rings. The Labute approximate surface area is 128 Å². The summed E-state index contributed by atoms with van der Waals surface area (Å²) in [4.78, 5) is 11.7. The van der Waals surface area contributed by atoms with Gasteiger partial charge in [-0.1, -0.05) is 26.2 Å². The van der Waals surface area contributed by atoms with Crippen LogP contribution in [0.5, 0.6) is 0 Å². The van der Waals surface area contributed by atoms with Crippen molar-refractivity contribution in [2.24, 2.45) is 11.8 Å². The summed E-state index contributed by atoms with van der Waals surface area (Å²) in [5.74, 6) is 2.93. The molecular formula is C17H28N4. The van der Waals surface area contributed by atoms with Crippen LogP contribution >= 0.6 is 0 Å². The third-order valence-corrected chi connectivity index (χ3v) is 5.04. The maximum absolute atomic E-state index is 4.64. The summed E-state index contributed by atoms with van der Waals surface area (Å²) in [7, 11) is 0. The largest absolute Gasteiger partial charge is 0.355 e. The van der Waals surface area contributed by atoms with E-state index in [2.05, 4.69) is 27.1 Å². The Kier molecular flexibility index (Phi) is 5.07. The minimum atomic E-state index is 0.825. The molecule has 0 aromatic carbocycles. The number of hydrogen-bond donors (Lipinski definition) is 1. The molecule has 1 N–H and O–H groups in total. The molecule has 0 amide bonds. The van der Waals surface area contributed by atoms with Gasteiger partial charge in [0, 0.05) is 19.6 Å². The smallest absolute Gasteiger partial charge is 0.147 e. The molecule has 116 valence electrons. The molecule has 4 heteroatoms. The fourth-order valence-corrected chi connectivity index (χ4v) is 3.80. The molecule has 2 fully saturated rings. The van der Waals surface area contributed by atoms with Crippen molar-refractivity contribution in [2.75, 3.05) is 24.5 Å². The number of rotatable bonds is 5. The standard InChI is InChI=1S/C17H28N4/c1-2-8-18-10-16-11-20-17(12-19-16)21-9-7-14-5-3-4-6-15(14)13-21/h11-12,14-15,18H,2-10,13H2,1H3. The number of aromatic nitrogens is 2. The number of hydrogen-bond acceptors (Lipinski definition) is 4. The Morgan fingerprint density at radius 1 is 1.14 bits per heavy atom. The minimum absolute atomic E-state index is 0.825. The SMILES string of the molecule is CCCNCc1cnc(N2CCC3CCCCC3C2)cn1. The van der Waals surface area contributed by atoms with Crippen molar-refractivity contribution in [3.63, 3.8) is 0 Å². The van der Waals surface area contributed by atoms with Gasteiger partial charge >= 0.3 is 0 Å². The fraction of sp³-hybridized carbons (Fsp3) is 0.765. The predicted octanol–water partition coefficient (Wildman–Crippen LogP) is 2.99. The zero-order chi connectivity index (χ0) is 14.5. The normalized spacial score (nSPS) is 25.7. The number of fused-ring (bicyclic) bond motifs is 1. The summed E-state index contributed by atoms with van der Waals surface area (Å²) in [6.07, 6.45) is 12.1. The summed E-state index contributed by atoms with van der Waals surface area (Å²) < 4.78 is 0. The number of nitrogens with zero attached hydrogens (tertiary/aromatic N) is 3. The van der Waals surface area contributed by atoms with Gasteiger partial charge in [0.25, 0.3) is 0 Å². The first-order valence-electron chi connectivity index (χ1n) is 8.63. The van der Waals surface area contributed by atoms with Gasteiger partial charge < -0.3 is 10.2 Å². The Balaban J connectivity index is 1.56. The zero-order valence-electron chi connectivity index (χ0n) is 13.2. The highest BCUT2D eigenvalue weighted by atomic mass is 15.2. The molecule has 0 spiro atoms. The van der Waals surface area contributed by atoms with Crippen molar-refractivity contribution >= 4 is 5.82 Å². The molecule has 1 aliphatic heterocycles. The highest BCUT2D eigenvalue weighted by Crippen LogP contribution is 2.36. The second-order valence-electron chi connectivity index (χ2n) is 6.58. The van der Waals surface area contributed by atoms with Gasteiger partial charge in [-0.25, -0.2) is 4.98 Å². The summed E-state index contributed by atoms with van der Waals surface area (Å²) >= 11 is 0. The third-order valence-electron chi connectivity index (χ3n) is 5.04. The molecular weight excluding hydrogens is 260 g/mol. The number of anilines is 1. The number of nitrogens with one attached hydrogen (secondary N) is 1. The van der Waals surface area contributed by atoms with Crippen LogP contribution in [0.25, 0.3) is 0 Å². The van der Waals surface area contributed by atoms with E-state index in [1.807, 2.05) is 12.4 Å². The first kappa shape index (κ1) is 14.8. The van der Waals surface area contributed by atoms with Crippen molar-refractivity contribution in [1.29, 1.82) is 0 Å². The van der Waals surface area contributed by atoms with Gasteiger partial charge in [0.1, 0.15) is 5.82 Å². The molecule has 2 atom stereocenters. The molecule has 0 radical (unpaired) electrons. The summed E-state index contributed by atoms with van der Waals surface area (Å²) in [6.45, 7) is 6.39. The van der Waals surface area contributed by atoms with E-state index in [4.69, 9.17) is 0 Å². The van der Waals surface area contributed by atoms with Crippen molar-refractivity contribution in [3.05, 3.63) is 18.1 Å². The molecule has 2 aliphatic rings. The van der Waals surface area contributed by atoms with Gasteiger partial charge in [-0.15, -0.1) is 0 Å². The molecule has 1 saturated carbocycles. The maximum atomic E-state index is 4.64. The van der Waals surface area contributed by atoms with E-state index in [1.54, 1.807) is 0 Å². The minimum Gasteiger partial charge on any atom is -0.355 e. The lowest BCUT2D eigenvalue weighted by atomic mass is 9.75. The molecule has 2 heterocycles. The molecule has 2 unspecified atom stereocenters. The van der Waals surface area contributed by atoms with Gasteiger partial charge in [-0.05, 0) is 37.6 Å². The second-order valence-corrected chi connectivity index (χ2v) is 6.58. The van der Waals surface area contributed by atoms with E-state index in [0.717, 1.165) is 49.4 Å². The van der Waals surface area contributed by atoms with Crippen LogP contribution in [0.3, 0.4) is 0 Å². The summed E-state index contributed by atoms with van der Waals surface area (Å²) in [5.41, 5.74) is 1.04. The lowest BCUT2D eigenvalue weighted by Gasteiger charge is -2.41. The first-order chi connectivity index (χ1) is 10.4. The van der Waals surface area contributed by atoms with Crippen LogP contribution in [0, 0.1) is 11.8 Å². The Hall–Kier alpha value is -1.16. The topological polar surface area (TPSA) is 41.1 Å². The van der Waals surface area contributed by atoms with E-state index in [9.17, 15) is 0 Å². The molecule has 0 bridgehead atoms. The van der Waals surface area contributed by atoms with Gasteiger partial charge in [0.15, 0.2) is 0 Å². The quantitative estimate of drug-likeness (QED) is 0.846. The van der Waals surface area contributed by atoms with E-state index in [0.29, 0.717) is 0 Å². The highest BCUT2D eigenvalue weighted by Gasteiger charge is 2.31. The lowest BCUT2D eigenvalue weighted by Crippen LogP contribution is -2.42. The average Bonchev–Trinajstić information content (AvgIpc) is 2.55. The Morgan fingerprint density at radius 3 is 2.76 bits per heavy atom. The Morgan fingerprint density at radius 2 is 2.00 bits per heavy atom. The van der Waals surface area contributed by atoms with E-state index >= 15 is 0 Å².